The summed E-state index contributed by atoms with van der Waals surface area (Å²) in [5.74, 6) is 1.45. The van der Waals surface area contributed by atoms with Gasteiger partial charge in [-0.3, -0.25) is 4.79 Å². The smallest absolute Gasteiger partial charge is 0.225 e. The predicted octanol–water partition coefficient (Wildman–Crippen LogP) is 3.40. The molecule has 0 unspecified atom stereocenters. The molecule has 1 atom stereocenters. The van der Waals surface area contributed by atoms with E-state index in [1.807, 2.05) is 33.8 Å². The highest BCUT2D eigenvalue weighted by Crippen LogP contribution is 2.33. The maximum Gasteiger partial charge on any atom is 0.225 e. The van der Waals surface area contributed by atoms with Crippen LogP contribution in [-0.2, 0) is 11.3 Å². The van der Waals surface area contributed by atoms with E-state index < -0.39 is 0 Å². The van der Waals surface area contributed by atoms with Gasteiger partial charge in [0.1, 0.15) is 5.82 Å². The van der Waals surface area contributed by atoms with Gasteiger partial charge in [0.2, 0.25) is 5.91 Å². The third-order valence-corrected chi connectivity index (χ3v) is 5.81. The molecule has 1 aromatic heterocycles. The molecule has 29 heavy (non-hydrogen) atoms. The highest BCUT2D eigenvalue weighted by atomic mass is 19.1. The Balaban J connectivity index is 1.29. The summed E-state index contributed by atoms with van der Waals surface area (Å²) in [5, 5.41) is 12.2. The Labute approximate surface area is 168 Å². The molecule has 2 heterocycles. The Bertz CT molecular complexity index is 1010. The number of benzene rings is 2. The van der Waals surface area contributed by atoms with Gasteiger partial charge in [-0.05, 0) is 58.9 Å². The molecule has 2 fully saturated rings. The quantitative estimate of drug-likeness (QED) is 0.669. The van der Waals surface area contributed by atoms with Crippen LogP contribution in [0.25, 0.3) is 22.5 Å². The standard InChI is InChI=1S/C22H22FN5O/c23-20-9-7-17(8-10-20)16-1-3-18(4-2-16)21-24-25-26-28(21)14-15-11-12-27(13-15)22(29)19-5-6-19/h1-4,7-10,15,19H,5-6,11-14H2/t15-/m1/s1. The van der Waals surface area contributed by atoms with E-state index in [1.165, 1.54) is 12.1 Å². The zero-order chi connectivity index (χ0) is 19.8. The molecule has 1 saturated carbocycles. The van der Waals surface area contributed by atoms with Gasteiger partial charge < -0.3 is 4.90 Å². The molecule has 7 heteroatoms. The molecule has 6 nitrogen and oxygen atoms in total. The fourth-order valence-corrected chi connectivity index (χ4v) is 4.00. The number of likely N-dealkylation sites (tertiary alicyclic amines) is 1. The molecule has 2 aliphatic rings. The van der Waals surface area contributed by atoms with E-state index in [1.54, 1.807) is 12.1 Å². The van der Waals surface area contributed by atoms with Crippen LogP contribution in [0.15, 0.2) is 48.5 Å². The van der Waals surface area contributed by atoms with Crippen LogP contribution in [0.3, 0.4) is 0 Å². The van der Waals surface area contributed by atoms with Gasteiger partial charge in [0.15, 0.2) is 5.82 Å². The Morgan fingerprint density at radius 3 is 2.31 bits per heavy atom. The van der Waals surface area contributed by atoms with Gasteiger partial charge in [0, 0.05) is 31.1 Å². The second-order valence-corrected chi connectivity index (χ2v) is 7.98. The molecule has 5 rings (SSSR count). The van der Waals surface area contributed by atoms with Crippen LogP contribution < -0.4 is 0 Å². The summed E-state index contributed by atoms with van der Waals surface area (Å²) in [4.78, 5) is 14.3. The van der Waals surface area contributed by atoms with Crippen molar-refractivity contribution >= 4 is 5.91 Å². The molecule has 148 valence electrons. The molecule has 0 bridgehead atoms. The fourth-order valence-electron chi connectivity index (χ4n) is 4.00. The number of nitrogens with zero attached hydrogens (tertiary/aromatic N) is 5. The van der Waals surface area contributed by atoms with Gasteiger partial charge >= 0.3 is 0 Å². The Kier molecular flexibility index (Phi) is 4.58. The SMILES string of the molecule is O=C(C1CC1)N1CC[C@@H](Cn2nnnc2-c2ccc(-c3ccc(F)cc3)cc2)C1. The van der Waals surface area contributed by atoms with E-state index in [0.717, 1.165) is 54.9 Å². The maximum atomic E-state index is 13.1. The number of hydrogen-bond acceptors (Lipinski definition) is 4. The first kappa shape index (κ1) is 18.0. The number of carbonyl (C=O) groups excluding carboxylic acids is 1. The number of tetrazole rings is 1. The number of carbonyl (C=O) groups is 1. The third-order valence-electron chi connectivity index (χ3n) is 5.81. The van der Waals surface area contributed by atoms with Crippen LogP contribution in [0, 0.1) is 17.7 Å². The molecule has 1 aliphatic heterocycles. The minimum Gasteiger partial charge on any atom is -0.342 e. The maximum absolute atomic E-state index is 13.1. The number of amides is 1. The topological polar surface area (TPSA) is 63.9 Å². The number of halogens is 1. The molecule has 0 radical (unpaired) electrons. The summed E-state index contributed by atoms with van der Waals surface area (Å²) in [6.45, 7) is 2.33. The van der Waals surface area contributed by atoms with E-state index in [2.05, 4.69) is 15.5 Å². The fraction of sp³-hybridized carbons (Fsp3) is 0.364. The summed E-state index contributed by atoms with van der Waals surface area (Å²) in [7, 11) is 0. The lowest BCUT2D eigenvalue weighted by molar-refractivity contribution is -0.131. The van der Waals surface area contributed by atoms with Crippen LogP contribution in [0.2, 0.25) is 0 Å². The molecular weight excluding hydrogens is 369 g/mol. The summed E-state index contributed by atoms with van der Waals surface area (Å²) in [6, 6.07) is 14.4. The molecule has 3 aromatic rings. The molecule has 0 spiro atoms. The largest absolute Gasteiger partial charge is 0.342 e. The zero-order valence-electron chi connectivity index (χ0n) is 16.0. The van der Waals surface area contributed by atoms with Gasteiger partial charge in [-0.2, -0.15) is 0 Å². The molecule has 2 aromatic carbocycles. The first-order valence-electron chi connectivity index (χ1n) is 10.1. The molecule has 0 N–H and O–H groups in total. The normalized spacial score (nSPS) is 18.9. The zero-order valence-corrected chi connectivity index (χ0v) is 16.0. The van der Waals surface area contributed by atoms with Crippen molar-refractivity contribution in [3.63, 3.8) is 0 Å². The van der Waals surface area contributed by atoms with Crippen molar-refractivity contribution in [2.45, 2.75) is 25.8 Å². The van der Waals surface area contributed by atoms with Gasteiger partial charge in [0.25, 0.3) is 0 Å². The first-order chi connectivity index (χ1) is 14.2. The van der Waals surface area contributed by atoms with Crippen molar-refractivity contribution in [1.29, 1.82) is 0 Å². The van der Waals surface area contributed by atoms with Gasteiger partial charge in [0.05, 0.1) is 0 Å². The van der Waals surface area contributed by atoms with Crippen LogP contribution in [0.5, 0.6) is 0 Å². The van der Waals surface area contributed by atoms with Gasteiger partial charge in [-0.15, -0.1) is 5.10 Å². The highest BCUT2D eigenvalue weighted by molar-refractivity contribution is 5.81. The summed E-state index contributed by atoms with van der Waals surface area (Å²) < 4.78 is 15.0. The summed E-state index contributed by atoms with van der Waals surface area (Å²) in [6.07, 6.45) is 3.08. The van der Waals surface area contributed by atoms with Crippen LogP contribution in [0.1, 0.15) is 19.3 Å². The van der Waals surface area contributed by atoms with E-state index in [9.17, 15) is 9.18 Å². The van der Waals surface area contributed by atoms with Crippen molar-refractivity contribution in [3.8, 4) is 22.5 Å². The lowest BCUT2D eigenvalue weighted by atomic mass is 10.0. The van der Waals surface area contributed by atoms with Crippen molar-refractivity contribution in [1.82, 2.24) is 25.1 Å². The Morgan fingerprint density at radius 1 is 0.966 bits per heavy atom. The second kappa shape index (κ2) is 7.39. The molecule has 1 saturated heterocycles. The van der Waals surface area contributed by atoms with Crippen molar-refractivity contribution in [2.24, 2.45) is 11.8 Å². The van der Waals surface area contributed by atoms with Crippen molar-refractivity contribution in [3.05, 3.63) is 54.3 Å². The van der Waals surface area contributed by atoms with E-state index >= 15 is 0 Å². The van der Waals surface area contributed by atoms with E-state index in [-0.39, 0.29) is 11.7 Å². The highest BCUT2D eigenvalue weighted by Gasteiger charge is 2.36. The van der Waals surface area contributed by atoms with Gasteiger partial charge in [-0.1, -0.05) is 36.4 Å². The summed E-state index contributed by atoms with van der Waals surface area (Å²) >= 11 is 0. The Hall–Kier alpha value is -3.09. The average molecular weight is 391 g/mol. The number of hydrogen-bond donors (Lipinski definition) is 0. The minimum atomic E-state index is -0.242. The average Bonchev–Trinajstić information content (AvgIpc) is 3.32. The number of aromatic nitrogens is 4. The number of rotatable bonds is 5. The lowest BCUT2D eigenvalue weighted by Crippen LogP contribution is -2.30. The Morgan fingerprint density at radius 2 is 1.62 bits per heavy atom. The first-order valence-corrected chi connectivity index (χ1v) is 10.1. The molecule has 1 amide bonds. The molecular formula is C22H22FN5O. The van der Waals surface area contributed by atoms with E-state index in [4.69, 9.17) is 0 Å². The van der Waals surface area contributed by atoms with E-state index in [0.29, 0.717) is 18.4 Å². The minimum absolute atomic E-state index is 0.242. The van der Waals surface area contributed by atoms with Crippen LogP contribution in [0.4, 0.5) is 4.39 Å². The molecule has 1 aliphatic carbocycles. The lowest BCUT2D eigenvalue weighted by Gasteiger charge is -2.16. The third kappa shape index (κ3) is 3.77. The van der Waals surface area contributed by atoms with Crippen LogP contribution >= 0.6 is 0 Å². The van der Waals surface area contributed by atoms with Gasteiger partial charge in [-0.25, -0.2) is 9.07 Å². The van der Waals surface area contributed by atoms with Crippen molar-refractivity contribution < 1.29 is 9.18 Å². The van der Waals surface area contributed by atoms with Crippen LogP contribution in [-0.4, -0.2) is 44.1 Å². The second-order valence-electron chi connectivity index (χ2n) is 7.98. The summed E-state index contributed by atoms with van der Waals surface area (Å²) in [5.41, 5.74) is 2.91. The predicted molar refractivity (Wildman–Crippen MR) is 106 cm³/mol. The van der Waals surface area contributed by atoms with Crippen molar-refractivity contribution in [2.75, 3.05) is 13.1 Å². The monoisotopic (exact) mass is 391 g/mol.